The molecule has 0 aliphatic carbocycles. The van der Waals surface area contributed by atoms with Gasteiger partial charge in [-0.3, -0.25) is 4.79 Å². The van der Waals surface area contributed by atoms with Crippen LogP contribution in [0, 0.1) is 0 Å². The maximum atomic E-state index is 12.9. The van der Waals surface area contributed by atoms with Crippen LogP contribution in [0.25, 0.3) is 0 Å². The number of carbonyl (C=O) groups is 3. The second-order valence-corrected chi connectivity index (χ2v) is 10.6. The fourth-order valence-electron chi connectivity index (χ4n) is 3.45. The molecule has 33 heavy (non-hydrogen) atoms. The van der Waals surface area contributed by atoms with Crippen molar-refractivity contribution in [2.75, 3.05) is 30.8 Å². The predicted molar refractivity (Wildman–Crippen MR) is 124 cm³/mol. The number of benzene rings is 1. The third-order valence-corrected chi connectivity index (χ3v) is 7.99. The van der Waals surface area contributed by atoms with E-state index >= 15 is 0 Å². The average molecular weight is 495 g/mol. The highest BCUT2D eigenvalue weighted by atomic mass is 32.2. The van der Waals surface area contributed by atoms with Crippen molar-refractivity contribution >= 4 is 44.1 Å². The predicted octanol–water partition coefficient (Wildman–Crippen LogP) is 3.49. The van der Waals surface area contributed by atoms with Crippen molar-refractivity contribution in [3.05, 3.63) is 45.8 Å². The first-order valence-electron chi connectivity index (χ1n) is 10.6. The number of rotatable bonds is 7. The molecule has 9 nitrogen and oxygen atoms in total. The van der Waals surface area contributed by atoms with Crippen LogP contribution in [0.5, 0.6) is 0 Å². The quantitative estimate of drug-likeness (QED) is 0.585. The third kappa shape index (κ3) is 5.36. The largest absolute Gasteiger partial charge is 0.462 e. The second-order valence-electron chi connectivity index (χ2n) is 7.18. The molecule has 0 bridgehead atoms. The summed E-state index contributed by atoms with van der Waals surface area (Å²) in [5.41, 5.74) is 1.15. The minimum atomic E-state index is -3.48. The number of hydrogen-bond donors (Lipinski definition) is 1. The van der Waals surface area contributed by atoms with Gasteiger partial charge in [-0.25, -0.2) is 18.0 Å². The summed E-state index contributed by atoms with van der Waals surface area (Å²) in [6.07, 6.45) is -0.0208. The van der Waals surface area contributed by atoms with Gasteiger partial charge in [0.2, 0.25) is 0 Å². The van der Waals surface area contributed by atoms with Crippen LogP contribution in [-0.2, 0) is 32.3 Å². The molecule has 0 fully saturated rings. The number of nitrogens with one attached hydrogen (secondary N) is 1. The van der Waals surface area contributed by atoms with Crippen molar-refractivity contribution in [3.63, 3.8) is 0 Å². The summed E-state index contributed by atoms with van der Waals surface area (Å²) < 4.78 is 34.6. The summed E-state index contributed by atoms with van der Waals surface area (Å²) in [5, 5.41) is 3.04. The highest BCUT2D eigenvalue weighted by Gasteiger charge is 2.31. The number of anilines is 1. The van der Waals surface area contributed by atoms with Crippen LogP contribution in [0.3, 0.4) is 0 Å². The number of esters is 1. The molecule has 0 spiro atoms. The maximum absolute atomic E-state index is 12.9. The third-order valence-electron chi connectivity index (χ3n) is 5.12. The number of hydrogen-bond acceptors (Lipinski definition) is 8. The molecule has 3 rings (SSSR count). The lowest BCUT2D eigenvalue weighted by Gasteiger charge is -2.26. The van der Waals surface area contributed by atoms with Crippen LogP contribution in [0.1, 0.15) is 51.9 Å². The molecule has 0 saturated heterocycles. The van der Waals surface area contributed by atoms with Gasteiger partial charge < -0.3 is 19.7 Å². The molecule has 0 radical (unpaired) electrons. The second kappa shape index (κ2) is 10.3. The van der Waals surface area contributed by atoms with Crippen molar-refractivity contribution in [2.24, 2.45) is 0 Å². The lowest BCUT2D eigenvalue weighted by atomic mass is 10.0. The molecule has 1 N–H and O–H groups in total. The van der Waals surface area contributed by atoms with E-state index in [-0.39, 0.29) is 41.5 Å². The summed E-state index contributed by atoms with van der Waals surface area (Å²) in [6.45, 7) is 6.01. The Kier molecular flexibility index (Phi) is 7.75. The Bertz CT molecular complexity index is 1170. The topological polar surface area (TPSA) is 119 Å². The molecule has 11 heteroatoms. The van der Waals surface area contributed by atoms with Gasteiger partial charge in [0.25, 0.3) is 5.91 Å². The van der Waals surface area contributed by atoms with Gasteiger partial charge in [-0.05, 0) is 44.0 Å². The minimum absolute atomic E-state index is 0.0545. The minimum Gasteiger partial charge on any atom is -0.462 e. The number of thiophene rings is 1. The Morgan fingerprint density at radius 3 is 2.52 bits per heavy atom. The van der Waals surface area contributed by atoms with E-state index in [4.69, 9.17) is 9.47 Å². The van der Waals surface area contributed by atoms with Crippen LogP contribution >= 0.6 is 11.3 Å². The van der Waals surface area contributed by atoms with E-state index in [0.29, 0.717) is 18.0 Å². The van der Waals surface area contributed by atoms with Gasteiger partial charge >= 0.3 is 12.1 Å². The fourth-order valence-corrected chi connectivity index (χ4v) is 5.63. The summed E-state index contributed by atoms with van der Waals surface area (Å²) in [4.78, 5) is 40.1. The van der Waals surface area contributed by atoms with Crippen molar-refractivity contribution in [1.82, 2.24) is 4.90 Å². The lowest BCUT2D eigenvalue weighted by molar-refractivity contribution is 0.0526. The van der Waals surface area contributed by atoms with E-state index in [2.05, 4.69) is 5.32 Å². The number of amides is 2. The van der Waals surface area contributed by atoms with Crippen LogP contribution < -0.4 is 5.32 Å². The Hall–Kier alpha value is -2.92. The Morgan fingerprint density at radius 2 is 1.85 bits per heavy atom. The standard InChI is InChI=1S/C22H26N2O7S2/c1-4-30-21(26)18-16-10-11-24(22(27)31-5-2)13-17(16)32-20(18)23-19(25)14-8-7-9-15(12-14)33(28,29)6-3/h7-9,12H,4-6,10-11,13H2,1-3H3,(H,23,25). The summed E-state index contributed by atoms with van der Waals surface area (Å²) >= 11 is 1.19. The number of nitrogens with zero attached hydrogens (tertiary/aromatic N) is 1. The molecule has 1 aliphatic heterocycles. The van der Waals surface area contributed by atoms with E-state index in [9.17, 15) is 22.8 Å². The van der Waals surface area contributed by atoms with Crippen molar-refractivity contribution in [1.29, 1.82) is 0 Å². The van der Waals surface area contributed by atoms with Gasteiger partial charge in [-0.1, -0.05) is 13.0 Å². The normalized spacial score (nSPS) is 13.2. The smallest absolute Gasteiger partial charge is 0.410 e. The van der Waals surface area contributed by atoms with Crippen molar-refractivity contribution in [3.8, 4) is 0 Å². The Labute approximate surface area is 196 Å². The molecule has 2 amide bonds. The Balaban J connectivity index is 1.93. The number of ether oxygens (including phenoxy) is 2. The molecule has 1 aliphatic rings. The van der Waals surface area contributed by atoms with Crippen molar-refractivity contribution < 1.29 is 32.3 Å². The number of fused-ring (bicyclic) bond motifs is 1. The molecule has 1 aromatic heterocycles. The van der Waals surface area contributed by atoms with E-state index in [1.807, 2.05) is 0 Å². The molecule has 1 aromatic carbocycles. The first-order chi connectivity index (χ1) is 15.7. The van der Waals surface area contributed by atoms with E-state index in [1.165, 1.54) is 42.5 Å². The summed E-state index contributed by atoms with van der Waals surface area (Å²) in [5.74, 6) is -1.19. The van der Waals surface area contributed by atoms with Crippen LogP contribution in [0.4, 0.5) is 9.80 Å². The van der Waals surface area contributed by atoms with Gasteiger partial charge in [0.05, 0.1) is 36.0 Å². The van der Waals surface area contributed by atoms with Crippen LogP contribution in [0.2, 0.25) is 0 Å². The summed E-state index contributed by atoms with van der Waals surface area (Å²) in [7, 11) is -3.48. The first-order valence-corrected chi connectivity index (χ1v) is 13.1. The van der Waals surface area contributed by atoms with Gasteiger partial charge in [0, 0.05) is 17.0 Å². The van der Waals surface area contributed by atoms with E-state index in [1.54, 1.807) is 18.7 Å². The molecule has 0 saturated carbocycles. The monoisotopic (exact) mass is 494 g/mol. The van der Waals surface area contributed by atoms with Gasteiger partial charge in [0.15, 0.2) is 9.84 Å². The molecule has 178 valence electrons. The first kappa shape index (κ1) is 24.7. The van der Waals surface area contributed by atoms with Gasteiger partial charge in [-0.2, -0.15) is 0 Å². The maximum Gasteiger partial charge on any atom is 0.410 e. The molecule has 0 unspecified atom stereocenters. The van der Waals surface area contributed by atoms with Crippen molar-refractivity contribution in [2.45, 2.75) is 38.6 Å². The highest BCUT2D eigenvalue weighted by Crippen LogP contribution is 2.38. The van der Waals surface area contributed by atoms with Gasteiger partial charge in [-0.15, -0.1) is 11.3 Å². The lowest BCUT2D eigenvalue weighted by Crippen LogP contribution is -2.36. The highest BCUT2D eigenvalue weighted by molar-refractivity contribution is 7.91. The Morgan fingerprint density at radius 1 is 1.12 bits per heavy atom. The molecule has 0 atom stereocenters. The average Bonchev–Trinajstić information content (AvgIpc) is 3.16. The molecule has 2 aromatic rings. The van der Waals surface area contributed by atoms with Crippen LogP contribution in [0.15, 0.2) is 29.2 Å². The van der Waals surface area contributed by atoms with Crippen LogP contribution in [-0.4, -0.2) is 56.8 Å². The molecule has 2 heterocycles. The fraction of sp³-hybridized carbons (Fsp3) is 0.409. The van der Waals surface area contributed by atoms with E-state index < -0.39 is 27.8 Å². The number of carbonyl (C=O) groups excluding carboxylic acids is 3. The van der Waals surface area contributed by atoms with E-state index in [0.717, 1.165) is 10.4 Å². The van der Waals surface area contributed by atoms with Gasteiger partial charge in [0.1, 0.15) is 5.00 Å². The summed E-state index contributed by atoms with van der Waals surface area (Å²) in [6, 6.07) is 5.76. The molecular weight excluding hydrogens is 468 g/mol. The molecular formula is C22H26N2O7S2. The zero-order valence-corrected chi connectivity index (χ0v) is 20.3. The zero-order chi connectivity index (χ0) is 24.2. The SMILES string of the molecule is CCOC(=O)c1c(NC(=O)c2cccc(S(=O)(=O)CC)c2)sc2c1CCN(C(=O)OCC)C2. The number of sulfone groups is 1. The zero-order valence-electron chi connectivity index (χ0n) is 18.7.